The van der Waals surface area contributed by atoms with E-state index in [0.717, 1.165) is 22.3 Å². The lowest BCUT2D eigenvalue weighted by Gasteiger charge is -2.33. The Bertz CT molecular complexity index is 1090. The van der Waals surface area contributed by atoms with Crippen LogP contribution < -0.4 is 10.1 Å². The highest BCUT2D eigenvalue weighted by Gasteiger charge is 2.31. The van der Waals surface area contributed by atoms with Gasteiger partial charge in [0.05, 0.1) is 16.3 Å². The topological polar surface area (TPSA) is 89.1 Å². The van der Waals surface area contributed by atoms with Crippen LogP contribution in [0.5, 0.6) is 5.75 Å². The highest BCUT2D eigenvalue weighted by Crippen LogP contribution is 2.33. The van der Waals surface area contributed by atoms with E-state index in [1.807, 2.05) is 58.2 Å². The number of carbonyl (C=O) groups excluding carboxylic acids is 1. The molecule has 0 saturated carbocycles. The number of H-pyrrole nitrogens is 1. The number of carbonyl (C=O) groups is 1. The van der Waals surface area contributed by atoms with Crippen LogP contribution in [-0.4, -0.2) is 38.8 Å². The third-order valence-corrected chi connectivity index (χ3v) is 5.06. The predicted octanol–water partition coefficient (Wildman–Crippen LogP) is 5.99. The lowest BCUT2D eigenvalue weighted by molar-refractivity contribution is 0.0408. The molecule has 2 heterocycles. The van der Waals surface area contributed by atoms with Gasteiger partial charge in [0.15, 0.2) is 0 Å². The monoisotopic (exact) mass is 458 g/mol. The van der Waals surface area contributed by atoms with Crippen molar-refractivity contribution >= 4 is 28.7 Å². The molecule has 3 rings (SSSR count). The molecule has 0 aliphatic heterocycles. The van der Waals surface area contributed by atoms with Gasteiger partial charge < -0.3 is 19.8 Å². The summed E-state index contributed by atoms with van der Waals surface area (Å²) in [5.41, 5.74) is 1.23. The van der Waals surface area contributed by atoms with E-state index in [2.05, 4.69) is 34.1 Å². The number of ether oxygens (including phenoxy) is 2. The number of rotatable bonds is 7. The minimum absolute atomic E-state index is 0.249. The van der Waals surface area contributed by atoms with Gasteiger partial charge in [0.25, 0.3) is 0 Å². The van der Waals surface area contributed by atoms with Crippen molar-refractivity contribution < 1.29 is 14.3 Å². The van der Waals surface area contributed by atoms with Gasteiger partial charge in [0.2, 0.25) is 0 Å². The maximum absolute atomic E-state index is 12.4. The molecule has 8 heteroatoms. The molecule has 2 aromatic heterocycles. The van der Waals surface area contributed by atoms with E-state index in [1.165, 1.54) is 6.33 Å². The second kappa shape index (κ2) is 9.36. The van der Waals surface area contributed by atoms with Gasteiger partial charge in [-0.2, -0.15) is 0 Å². The molecule has 0 aliphatic rings. The molecule has 0 fully saturated rings. The summed E-state index contributed by atoms with van der Waals surface area (Å²) in [6.45, 7) is 11.9. The van der Waals surface area contributed by atoms with Crippen LogP contribution in [0.1, 0.15) is 48.0 Å². The number of amides is 1. The van der Waals surface area contributed by atoms with Crippen molar-refractivity contribution in [2.75, 3.05) is 6.61 Å². The molecule has 2 N–H and O–H groups in total. The maximum Gasteiger partial charge on any atom is 0.408 e. The summed E-state index contributed by atoms with van der Waals surface area (Å²) in [6, 6.07) is 7.49. The molecule has 1 unspecified atom stereocenters. The Labute approximate surface area is 193 Å². The first-order chi connectivity index (χ1) is 15.0. The van der Waals surface area contributed by atoms with Gasteiger partial charge in [0, 0.05) is 17.1 Å². The maximum atomic E-state index is 12.4. The van der Waals surface area contributed by atoms with Crippen molar-refractivity contribution in [2.45, 2.75) is 59.1 Å². The highest BCUT2D eigenvalue weighted by molar-refractivity contribution is 6.32. The number of benzene rings is 1. The van der Waals surface area contributed by atoms with Crippen LogP contribution in [0.2, 0.25) is 5.02 Å². The Balaban J connectivity index is 1.76. The molecule has 0 spiro atoms. The number of nitrogens with zero attached hydrogens (tertiary/aromatic N) is 2. The first-order valence-electron chi connectivity index (χ1n) is 10.7. The molecule has 3 aromatic rings. The second-order valence-electron chi connectivity index (χ2n) is 9.68. The van der Waals surface area contributed by atoms with Gasteiger partial charge in [-0.3, -0.25) is 0 Å². The molecular weight excluding hydrogens is 428 g/mol. The minimum Gasteiger partial charge on any atom is -0.490 e. The fourth-order valence-corrected chi connectivity index (χ4v) is 3.94. The third kappa shape index (κ3) is 6.13. The molecule has 0 saturated heterocycles. The van der Waals surface area contributed by atoms with Gasteiger partial charge in [0.1, 0.15) is 29.9 Å². The summed E-state index contributed by atoms with van der Waals surface area (Å²) in [5, 5.41) is 4.36. The lowest BCUT2D eigenvalue weighted by Crippen LogP contribution is -2.52. The molecule has 1 aromatic carbocycles. The number of aromatic amines is 1. The minimum atomic E-state index is -0.623. The molecular formula is C24H31ClN4O3. The van der Waals surface area contributed by atoms with E-state index in [9.17, 15) is 4.79 Å². The summed E-state index contributed by atoms with van der Waals surface area (Å²) in [4.78, 5) is 24.1. The van der Waals surface area contributed by atoms with Crippen molar-refractivity contribution in [3.63, 3.8) is 0 Å². The smallest absolute Gasteiger partial charge is 0.408 e. The van der Waals surface area contributed by atoms with E-state index in [1.54, 1.807) is 0 Å². The van der Waals surface area contributed by atoms with Gasteiger partial charge in [-0.25, -0.2) is 14.8 Å². The van der Waals surface area contributed by atoms with Crippen molar-refractivity contribution in [1.82, 2.24) is 20.3 Å². The number of alkyl carbamates (subject to hydrolysis) is 1. The summed E-state index contributed by atoms with van der Waals surface area (Å²) >= 11 is 6.54. The van der Waals surface area contributed by atoms with Crippen LogP contribution in [0.25, 0.3) is 22.3 Å². The second-order valence-corrected chi connectivity index (χ2v) is 10.1. The molecule has 1 atom stereocenters. The van der Waals surface area contributed by atoms with E-state index in [0.29, 0.717) is 23.1 Å². The first kappa shape index (κ1) is 23.9. The van der Waals surface area contributed by atoms with Gasteiger partial charge in [-0.05, 0) is 64.3 Å². The quantitative estimate of drug-likeness (QED) is 0.454. The van der Waals surface area contributed by atoms with Gasteiger partial charge >= 0.3 is 6.09 Å². The summed E-state index contributed by atoms with van der Waals surface area (Å²) < 4.78 is 11.5. The molecule has 172 valence electrons. The van der Waals surface area contributed by atoms with Crippen LogP contribution in [0.15, 0.2) is 36.8 Å². The van der Waals surface area contributed by atoms with Crippen molar-refractivity contribution in [1.29, 1.82) is 0 Å². The Morgan fingerprint density at radius 2 is 1.94 bits per heavy atom. The zero-order chi connectivity index (χ0) is 23.5. The van der Waals surface area contributed by atoms with Crippen LogP contribution in [-0.2, 0) is 4.74 Å². The van der Waals surface area contributed by atoms with Crippen LogP contribution in [0.4, 0.5) is 4.79 Å². The van der Waals surface area contributed by atoms with Gasteiger partial charge in [-0.15, -0.1) is 0 Å². The number of hydrogen-bond donors (Lipinski definition) is 2. The predicted molar refractivity (Wildman–Crippen MR) is 127 cm³/mol. The normalized spacial score (nSPS) is 13.8. The summed E-state index contributed by atoms with van der Waals surface area (Å²) in [5.74, 6) is 0.883. The third-order valence-electron chi connectivity index (χ3n) is 4.77. The lowest BCUT2D eigenvalue weighted by atomic mass is 9.91. The van der Waals surface area contributed by atoms with E-state index >= 15 is 0 Å². The molecule has 32 heavy (non-hydrogen) atoms. The molecule has 0 radical (unpaired) electrons. The summed E-state index contributed by atoms with van der Waals surface area (Å²) in [6.07, 6.45) is 3.60. The van der Waals surface area contributed by atoms with Gasteiger partial charge in [-0.1, -0.05) is 25.4 Å². The molecule has 0 bridgehead atoms. The van der Waals surface area contributed by atoms with Crippen LogP contribution in [0, 0.1) is 5.92 Å². The van der Waals surface area contributed by atoms with E-state index in [-0.39, 0.29) is 6.61 Å². The number of aromatic nitrogens is 3. The zero-order valence-electron chi connectivity index (χ0n) is 19.5. The zero-order valence-corrected chi connectivity index (χ0v) is 20.2. The summed E-state index contributed by atoms with van der Waals surface area (Å²) in [7, 11) is 0. The average molecular weight is 459 g/mol. The van der Waals surface area contributed by atoms with E-state index in [4.69, 9.17) is 21.1 Å². The number of halogens is 1. The van der Waals surface area contributed by atoms with Crippen molar-refractivity contribution in [3.8, 4) is 17.0 Å². The fourth-order valence-electron chi connectivity index (χ4n) is 3.70. The Morgan fingerprint density at radius 1 is 1.19 bits per heavy atom. The standard InChI is InChI=1S/C24H31ClN4O3/c1-15(2)12-24(6,29-22(30)32-23(3,4)5)13-31-19-8-7-16(11-18(19)25)20-17-9-10-26-21(17)28-14-27-20/h7-11,14-15H,12-13H2,1-6H3,(H,29,30)(H,26,27,28). The Hall–Kier alpha value is -2.80. The Morgan fingerprint density at radius 3 is 2.59 bits per heavy atom. The fraction of sp³-hybridized carbons (Fsp3) is 0.458. The highest BCUT2D eigenvalue weighted by atomic mass is 35.5. The Kier molecular flexibility index (Phi) is 6.98. The van der Waals surface area contributed by atoms with Crippen molar-refractivity contribution in [2.24, 2.45) is 5.92 Å². The first-order valence-corrected chi connectivity index (χ1v) is 11.1. The number of hydrogen-bond acceptors (Lipinski definition) is 5. The number of nitrogens with one attached hydrogen (secondary N) is 2. The van der Waals surface area contributed by atoms with E-state index < -0.39 is 17.2 Å². The molecule has 1 amide bonds. The van der Waals surface area contributed by atoms with Crippen LogP contribution >= 0.6 is 11.6 Å². The molecule has 0 aliphatic carbocycles. The average Bonchev–Trinajstić information content (AvgIpc) is 3.13. The van der Waals surface area contributed by atoms with Crippen LogP contribution in [0.3, 0.4) is 0 Å². The molecule has 7 nitrogen and oxygen atoms in total. The van der Waals surface area contributed by atoms with Crippen molar-refractivity contribution in [3.05, 3.63) is 41.8 Å². The number of fused-ring (bicyclic) bond motifs is 1. The SMILES string of the molecule is CC(C)CC(C)(COc1ccc(-c2ncnc3[nH]ccc23)cc1Cl)NC(=O)OC(C)(C)C. The largest absolute Gasteiger partial charge is 0.490 e.